The molecule has 1 aromatic heterocycles. The molecular formula is C9H6BrFN2O2. The number of carboxylic acids is 1. The van der Waals surface area contributed by atoms with Crippen LogP contribution in [0.15, 0.2) is 16.7 Å². The molecule has 4 nitrogen and oxygen atoms in total. The van der Waals surface area contributed by atoms with Crippen molar-refractivity contribution in [1.82, 2.24) is 9.78 Å². The topological polar surface area (TPSA) is 55.1 Å². The number of aryl methyl sites for hydroxylation is 1. The van der Waals surface area contributed by atoms with Gasteiger partial charge in [-0.15, -0.1) is 0 Å². The van der Waals surface area contributed by atoms with E-state index in [-0.39, 0.29) is 5.56 Å². The first-order valence-electron chi connectivity index (χ1n) is 4.05. The molecule has 0 atom stereocenters. The van der Waals surface area contributed by atoms with Crippen LogP contribution in [-0.2, 0) is 7.05 Å². The molecule has 0 aliphatic carbocycles. The summed E-state index contributed by atoms with van der Waals surface area (Å²) in [7, 11) is 1.62. The third kappa shape index (κ3) is 1.50. The van der Waals surface area contributed by atoms with Crippen LogP contribution in [0.4, 0.5) is 4.39 Å². The maximum atomic E-state index is 13.1. The Labute approximate surface area is 92.4 Å². The number of benzene rings is 1. The van der Waals surface area contributed by atoms with Gasteiger partial charge in [-0.05, 0) is 28.1 Å². The third-order valence-corrected chi connectivity index (χ3v) is 2.66. The standard InChI is InChI=1S/C9H6BrFN2O2/c1-13-6-3-4(11)2-5(9(14)15)7(6)8(10)12-13/h2-3H,1H3,(H,14,15). The molecule has 0 unspecified atom stereocenters. The molecule has 1 heterocycles. The van der Waals surface area contributed by atoms with Crippen molar-refractivity contribution >= 4 is 32.8 Å². The Bertz CT molecular complexity index is 565. The number of aromatic nitrogens is 2. The second kappa shape index (κ2) is 3.30. The van der Waals surface area contributed by atoms with Gasteiger partial charge in [-0.25, -0.2) is 9.18 Å². The van der Waals surface area contributed by atoms with E-state index in [9.17, 15) is 9.18 Å². The number of carbonyl (C=O) groups is 1. The van der Waals surface area contributed by atoms with Crippen LogP contribution in [0.5, 0.6) is 0 Å². The van der Waals surface area contributed by atoms with E-state index in [1.54, 1.807) is 7.05 Å². The average molecular weight is 273 g/mol. The monoisotopic (exact) mass is 272 g/mol. The van der Waals surface area contributed by atoms with E-state index in [1.807, 2.05) is 0 Å². The molecule has 2 rings (SSSR count). The molecular weight excluding hydrogens is 267 g/mol. The highest BCUT2D eigenvalue weighted by molar-refractivity contribution is 9.10. The highest BCUT2D eigenvalue weighted by atomic mass is 79.9. The van der Waals surface area contributed by atoms with Crippen LogP contribution in [0.25, 0.3) is 10.9 Å². The molecule has 0 amide bonds. The molecule has 2 aromatic rings. The first-order chi connectivity index (χ1) is 7.00. The Morgan fingerprint density at radius 2 is 2.27 bits per heavy atom. The fraction of sp³-hybridized carbons (Fsp3) is 0.111. The number of carboxylic acid groups (broad SMARTS) is 1. The van der Waals surface area contributed by atoms with Crippen LogP contribution < -0.4 is 0 Å². The Balaban J connectivity index is 2.96. The summed E-state index contributed by atoms with van der Waals surface area (Å²) in [6, 6.07) is 2.23. The number of hydrogen-bond donors (Lipinski definition) is 1. The molecule has 0 aliphatic rings. The molecule has 0 aliphatic heterocycles. The number of nitrogens with zero attached hydrogens (tertiary/aromatic N) is 2. The van der Waals surface area contributed by atoms with Crippen LogP contribution in [-0.4, -0.2) is 20.9 Å². The van der Waals surface area contributed by atoms with E-state index in [0.717, 1.165) is 6.07 Å². The first-order valence-corrected chi connectivity index (χ1v) is 4.85. The van der Waals surface area contributed by atoms with Gasteiger partial charge in [0.15, 0.2) is 0 Å². The van der Waals surface area contributed by atoms with Crippen molar-refractivity contribution < 1.29 is 14.3 Å². The Morgan fingerprint density at radius 3 is 2.87 bits per heavy atom. The van der Waals surface area contributed by atoms with E-state index in [1.165, 1.54) is 10.7 Å². The molecule has 1 N–H and O–H groups in total. The van der Waals surface area contributed by atoms with Gasteiger partial charge >= 0.3 is 5.97 Å². The summed E-state index contributed by atoms with van der Waals surface area (Å²) in [6.45, 7) is 0. The van der Waals surface area contributed by atoms with E-state index in [0.29, 0.717) is 15.5 Å². The number of rotatable bonds is 1. The lowest BCUT2D eigenvalue weighted by atomic mass is 10.1. The third-order valence-electron chi connectivity index (χ3n) is 2.11. The number of aromatic carboxylic acids is 1. The van der Waals surface area contributed by atoms with Gasteiger partial charge in [-0.1, -0.05) is 0 Å². The van der Waals surface area contributed by atoms with Crippen LogP contribution in [0.1, 0.15) is 10.4 Å². The molecule has 6 heteroatoms. The summed E-state index contributed by atoms with van der Waals surface area (Å²) in [5.41, 5.74) is 0.351. The lowest BCUT2D eigenvalue weighted by molar-refractivity contribution is 0.0698. The van der Waals surface area contributed by atoms with Crippen LogP contribution in [0.2, 0.25) is 0 Å². The fourth-order valence-electron chi connectivity index (χ4n) is 1.47. The Kier molecular flexibility index (Phi) is 2.22. The van der Waals surface area contributed by atoms with E-state index in [4.69, 9.17) is 5.11 Å². The Morgan fingerprint density at radius 1 is 1.60 bits per heavy atom. The van der Waals surface area contributed by atoms with Gasteiger partial charge in [-0.2, -0.15) is 5.10 Å². The molecule has 0 saturated carbocycles. The van der Waals surface area contributed by atoms with Gasteiger partial charge in [0.1, 0.15) is 10.4 Å². The summed E-state index contributed by atoms with van der Waals surface area (Å²) < 4.78 is 15.0. The van der Waals surface area contributed by atoms with Crippen molar-refractivity contribution in [3.8, 4) is 0 Å². The van der Waals surface area contributed by atoms with Gasteiger partial charge in [0.2, 0.25) is 0 Å². The SMILES string of the molecule is Cn1nc(Br)c2c(C(=O)O)cc(F)cc21. The van der Waals surface area contributed by atoms with Gasteiger partial charge < -0.3 is 5.11 Å². The lowest BCUT2D eigenvalue weighted by Gasteiger charge is -1.99. The van der Waals surface area contributed by atoms with Gasteiger partial charge in [0.25, 0.3) is 0 Å². The van der Waals surface area contributed by atoms with Gasteiger partial charge in [0.05, 0.1) is 11.1 Å². The predicted molar refractivity (Wildman–Crippen MR) is 55.3 cm³/mol. The quantitative estimate of drug-likeness (QED) is 0.866. The van der Waals surface area contributed by atoms with Crippen LogP contribution >= 0.6 is 15.9 Å². The van der Waals surface area contributed by atoms with E-state index in [2.05, 4.69) is 21.0 Å². The van der Waals surface area contributed by atoms with E-state index >= 15 is 0 Å². The zero-order valence-electron chi connectivity index (χ0n) is 7.66. The van der Waals surface area contributed by atoms with Crippen molar-refractivity contribution in [3.05, 3.63) is 28.1 Å². The predicted octanol–water partition coefficient (Wildman–Crippen LogP) is 2.17. The molecule has 1 aromatic carbocycles. The van der Waals surface area contributed by atoms with Gasteiger partial charge in [0, 0.05) is 12.4 Å². The average Bonchev–Trinajstić information content (AvgIpc) is 2.41. The second-order valence-corrected chi connectivity index (χ2v) is 3.82. The summed E-state index contributed by atoms with van der Waals surface area (Å²) in [4.78, 5) is 10.9. The molecule has 0 spiro atoms. The van der Waals surface area contributed by atoms with Crippen molar-refractivity contribution in [1.29, 1.82) is 0 Å². The molecule has 15 heavy (non-hydrogen) atoms. The number of fused-ring (bicyclic) bond motifs is 1. The molecule has 0 bridgehead atoms. The highest BCUT2D eigenvalue weighted by Crippen LogP contribution is 2.27. The Hall–Kier alpha value is -1.43. The first kappa shape index (κ1) is 10.1. The normalized spacial score (nSPS) is 10.9. The minimum absolute atomic E-state index is 0.0926. The van der Waals surface area contributed by atoms with Crippen LogP contribution in [0, 0.1) is 5.82 Å². The maximum absolute atomic E-state index is 13.1. The van der Waals surface area contributed by atoms with Crippen molar-refractivity contribution in [3.63, 3.8) is 0 Å². The zero-order valence-corrected chi connectivity index (χ0v) is 9.25. The fourth-order valence-corrected chi connectivity index (χ4v) is 2.12. The molecule has 0 radical (unpaired) electrons. The van der Waals surface area contributed by atoms with Crippen molar-refractivity contribution in [2.45, 2.75) is 0 Å². The largest absolute Gasteiger partial charge is 0.478 e. The smallest absolute Gasteiger partial charge is 0.336 e. The summed E-state index contributed by atoms with van der Waals surface area (Å²) in [5.74, 6) is -1.76. The second-order valence-electron chi connectivity index (χ2n) is 3.07. The highest BCUT2D eigenvalue weighted by Gasteiger charge is 2.17. The molecule has 78 valence electrons. The minimum atomic E-state index is -1.17. The van der Waals surface area contributed by atoms with Crippen molar-refractivity contribution in [2.75, 3.05) is 0 Å². The maximum Gasteiger partial charge on any atom is 0.336 e. The number of halogens is 2. The minimum Gasteiger partial charge on any atom is -0.478 e. The van der Waals surface area contributed by atoms with Crippen LogP contribution in [0.3, 0.4) is 0 Å². The summed E-state index contributed by atoms with van der Waals surface area (Å²) >= 11 is 3.14. The zero-order chi connectivity index (χ0) is 11.2. The molecule has 0 fully saturated rings. The lowest BCUT2D eigenvalue weighted by Crippen LogP contribution is -1.99. The van der Waals surface area contributed by atoms with Crippen molar-refractivity contribution in [2.24, 2.45) is 7.05 Å². The van der Waals surface area contributed by atoms with E-state index < -0.39 is 11.8 Å². The summed E-state index contributed by atoms with van der Waals surface area (Å²) in [5, 5.41) is 13.3. The summed E-state index contributed by atoms with van der Waals surface area (Å²) in [6.07, 6.45) is 0. The molecule has 0 saturated heterocycles. The van der Waals surface area contributed by atoms with Gasteiger partial charge in [-0.3, -0.25) is 4.68 Å². The number of hydrogen-bond acceptors (Lipinski definition) is 2.